The van der Waals surface area contributed by atoms with Crippen LogP contribution in [0.5, 0.6) is 5.75 Å². The number of anilines is 2. The maximum Gasteiger partial charge on any atom is 0.573 e. The van der Waals surface area contributed by atoms with Crippen LogP contribution in [0.25, 0.3) is 21.9 Å². The van der Waals surface area contributed by atoms with Gasteiger partial charge in [0.25, 0.3) is 11.8 Å². The summed E-state index contributed by atoms with van der Waals surface area (Å²) >= 11 is 7.02. The van der Waals surface area contributed by atoms with E-state index in [0.29, 0.717) is 83.2 Å². The highest BCUT2D eigenvalue weighted by molar-refractivity contribution is 9.11. The number of carboxylic acids is 2. The largest absolute Gasteiger partial charge is 0.573 e. The number of furan rings is 2. The average molecular weight is 1010 g/mol. The Kier molecular flexibility index (Phi) is 12.7. The summed E-state index contributed by atoms with van der Waals surface area (Å²) in [6.07, 6.45) is -9.34. The molecule has 2 aromatic heterocycles. The van der Waals surface area contributed by atoms with Crippen molar-refractivity contribution in [1.29, 1.82) is 0 Å². The van der Waals surface area contributed by atoms with Crippen LogP contribution < -0.4 is 14.5 Å². The molecule has 2 aliphatic heterocycles. The van der Waals surface area contributed by atoms with Gasteiger partial charge in [0.2, 0.25) is 11.5 Å². The van der Waals surface area contributed by atoms with E-state index in [9.17, 15) is 45.5 Å². The van der Waals surface area contributed by atoms with Gasteiger partial charge in [-0.05, 0) is 92.5 Å². The minimum Gasteiger partial charge on any atom is -0.475 e. The molecular weight excluding hydrogens is 978 g/mol. The van der Waals surface area contributed by atoms with Crippen LogP contribution in [0.2, 0.25) is 0 Å². The first-order valence-electron chi connectivity index (χ1n) is 18.8. The van der Waals surface area contributed by atoms with E-state index in [0.717, 1.165) is 35.6 Å². The van der Waals surface area contributed by atoms with Gasteiger partial charge in [-0.1, -0.05) is 12.1 Å². The Morgan fingerprint density at radius 1 is 0.571 bits per heavy atom. The molecule has 2 saturated heterocycles. The zero-order valence-electron chi connectivity index (χ0n) is 32.3. The molecular formula is C42H32Br2F6N4O9. The van der Waals surface area contributed by atoms with Crippen molar-refractivity contribution in [3.63, 3.8) is 0 Å². The van der Waals surface area contributed by atoms with Crippen molar-refractivity contribution < 1.29 is 69.3 Å². The second-order valence-corrected chi connectivity index (χ2v) is 15.8. The summed E-state index contributed by atoms with van der Waals surface area (Å²) in [6, 6.07) is 19.3. The molecule has 4 aromatic carbocycles. The fourth-order valence-corrected chi connectivity index (χ4v) is 8.54. The number of amides is 2. The number of halogens is 8. The molecule has 2 amide bonds. The van der Waals surface area contributed by atoms with E-state index in [1.165, 1.54) is 41.3 Å². The number of hydrogen-bond acceptors (Lipinski definition) is 9. The number of fused-ring (bicyclic) bond motifs is 2. The summed E-state index contributed by atoms with van der Waals surface area (Å²) in [5.41, 5.74) is 1.78. The van der Waals surface area contributed by atoms with Crippen LogP contribution in [0.4, 0.5) is 37.7 Å². The number of hydrogen-bond donors (Lipinski definition) is 2. The number of ether oxygens (including phenoxy) is 1. The van der Waals surface area contributed by atoms with Crippen molar-refractivity contribution >= 4 is 88.9 Å². The van der Waals surface area contributed by atoms with Crippen LogP contribution in [-0.4, -0.2) is 102 Å². The third-order valence-corrected chi connectivity index (χ3v) is 11.9. The number of aromatic carboxylic acids is 2. The monoisotopic (exact) mass is 1010 g/mol. The van der Waals surface area contributed by atoms with Crippen LogP contribution >= 0.6 is 31.9 Å². The van der Waals surface area contributed by atoms with Crippen LogP contribution in [0.1, 0.15) is 47.4 Å². The molecule has 0 atom stereocenters. The van der Waals surface area contributed by atoms with E-state index >= 15 is 0 Å². The summed E-state index contributed by atoms with van der Waals surface area (Å²) in [6.45, 7) is 3.31. The molecule has 0 saturated carbocycles. The van der Waals surface area contributed by atoms with Gasteiger partial charge in [-0.15, -0.1) is 13.2 Å². The highest BCUT2D eigenvalue weighted by Gasteiger charge is 2.33. The minimum absolute atomic E-state index is 0.00507. The molecule has 63 heavy (non-hydrogen) atoms. The van der Waals surface area contributed by atoms with E-state index in [-0.39, 0.29) is 28.6 Å². The SMILES string of the molecule is O=C(O)c1cc2c(Br)c(N3CCN(C(=O)c4cccc(C(F)(F)F)c4)CC3)ccc2o1.O=C(O)c1cc2c(Br)c(N3CCN(C(=O)c4cccc(OC(F)(F)F)c4)CC3)ccc2o1. The average Bonchev–Trinajstić information content (AvgIpc) is 3.90. The maximum atomic E-state index is 12.9. The van der Waals surface area contributed by atoms with Gasteiger partial charge in [-0.25, -0.2) is 9.59 Å². The maximum absolute atomic E-state index is 12.9. The Morgan fingerprint density at radius 2 is 1.00 bits per heavy atom. The van der Waals surface area contributed by atoms with Crippen molar-refractivity contribution in [2.24, 2.45) is 0 Å². The van der Waals surface area contributed by atoms with Gasteiger partial charge in [0, 0.05) is 86.4 Å². The standard InChI is InChI=1S/C21H16BrF3N2O5.C21H16BrF3N2O4/c22-18-14-11-17(20(29)30)31-16(14)5-4-15(18)26-6-8-27(9-7-26)19(28)12-2-1-3-13(10-12)32-21(23,24)25;22-18-14-11-17(20(29)30)31-16(14)5-4-15(18)26-6-8-27(9-7-26)19(28)12-2-1-3-13(10-12)21(23,24)25/h1-5,10-11H,6-9H2,(H,29,30);1-5,10-11H,6-9H2,(H,29,30). The van der Waals surface area contributed by atoms with Gasteiger partial charge < -0.3 is 43.4 Å². The first kappa shape index (κ1) is 44.8. The Bertz CT molecular complexity index is 2720. The fourth-order valence-electron chi connectivity index (χ4n) is 7.15. The summed E-state index contributed by atoms with van der Waals surface area (Å²) in [5.74, 6) is -3.92. The quantitative estimate of drug-likeness (QED) is 0.147. The van der Waals surface area contributed by atoms with Gasteiger partial charge in [0.1, 0.15) is 16.9 Å². The van der Waals surface area contributed by atoms with Gasteiger partial charge in [0.05, 0.1) is 25.9 Å². The van der Waals surface area contributed by atoms with E-state index in [2.05, 4.69) is 36.6 Å². The Hall–Kier alpha value is -6.22. The van der Waals surface area contributed by atoms with Crippen molar-refractivity contribution in [3.8, 4) is 5.75 Å². The zero-order valence-corrected chi connectivity index (χ0v) is 35.5. The predicted octanol–water partition coefficient (Wildman–Crippen LogP) is 9.63. The first-order chi connectivity index (χ1) is 29.8. The molecule has 21 heteroatoms. The number of alkyl halides is 6. The second kappa shape index (κ2) is 17.9. The number of rotatable bonds is 7. The number of carbonyl (C=O) groups excluding carboxylic acids is 2. The molecule has 0 bridgehead atoms. The lowest BCUT2D eigenvalue weighted by atomic mass is 10.1. The van der Waals surface area contributed by atoms with Crippen LogP contribution in [-0.2, 0) is 6.18 Å². The lowest BCUT2D eigenvalue weighted by molar-refractivity contribution is -0.274. The first-order valence-corrected chi connectivity index (χ1v) is 20.4. The number of carboxylic acid groups (broad SMARTS) is 2. The van der Waals surface area contributed by atoms with Crippen molar-refractivity contribution in [3.05, 3.63) is 122 Å². The van der Waals surface area contributed by atoms with Gasteiger partial charge >= 0.3 is 24.5 Å². The van der Waals surface area contributed by atoms with E-state index in [4.69, 9.17) is 19.0 Å². The topological polar surface area (TPSA) is 157 Å². The zero-order chi connectivity index (χ0) is 45.4. The molecule has 2 fully saturated rings. The molecule has 0 radical (unpaired) electrons. The second-order valence-electron chi connectivity index (χ2n) is 14.2. The Morgan fingerprint density at radius 3 is 1.41 bits per heavy atom. The van der Waals surface area contributed by atoms with Crippen molar-refractivity contribution in [2.45, 2.75) is 12.5 Å². The molecule has 0 aliphatic carbocycles. The molecule has 6 aromatic rings. The molecule has 2 N–H and O–H groups in total. The lowest BCUT2D eigenvalue weighted by Crippen LogP contribution is -2.49. The van der Waals surface area contributed by atoms with Gasteiger partial charge in [0.15, 0.2) is 0 Å². The third kappa shape index (κ3) is 10.0. The molecule has 330 valence electrons. The summed E-state index contributed by atoms with van der Waals surface area (Å²) in [4.78, 5) is 54.9. The number of piperazine rings is 2. The Labute approximate surface area is 369 Å². The normalized spacial score (nSPS) is 14.7. The molecule has 0 spiro atoms. The molecule has 0 unspecified atom stereocenters. The highest BCUT2D eigenvalue weighted by atomic mass is 79.9. The van der Waals surface area contributed by atoms with E-state index in [1.54, 1.807) is 29.2 Å². The van der Waals surface area contributed by atoms with Crippen LogP contribution in [0.15, 0.2) is 103 Å². The fraction of sp³-hybridized carbons (Fsp3) is 0.238. The van der Waals surface area contributed by atoms with Gasteiger partial charge in [-0.2, -0.15) is 13.2 Å². The smallest absolute Gasteiger partial charge is 0.475 e. The van der Waals surface area contributed by atoms with Crippen molar-refractivity contribution in [2.75, 3.05) is 62.2 Å². The summed E-state index contributed by atoms with van der Waals surface area (Å²) in [7, 11) is 0. The third-order valence-electron chi connectivity index (χ3n) is 10.2. The van der Waals surface area contributed by atoms with Crippen molar-refractivity contribution in [1.82, 2.24) is 9.80 Å². The Balaban J connectivity index is 0.000000189. The van der Waals surface area contributed by atoms with E-state index < -0.39 is 41.7 Å². The molecule has 4 heterocycles. The molecule has 2 aliphatic rings. The number of nitrogens with zero attached hydrogens (tertiary/aromatic N) is 4. The lowest BCUT2D eigenvalue weighted by Gasteiger charge is -2.36. The number of carbonyl (C=O) groups is 4. The molecule has 13 nitrogen and oxygen atoms in total. The predicted molar refractivity (Wildman–Crippen MR) is 223 cm³/mol. The van der Waals surface area contributed by atoms with E-state index in [1.807, 2.05) is 9.80 Å². The summed E-state index contributed by atoms with van der Waals surface area (Å²) < 4.78 is 92.0. The number of benzene rings is 4. The summed E-state index contributed by atoms with van der Waals surface area (Å²) in [5, 5.41) is 19.5. The minimum atomic E-state index is -4.83. The molecule has 8 rings (SSSR count). The van der Waals surface area contributed by atoms with Crippen LogP contribution in [0, 0.1) is 0 Å². The highest BCUT2D eigenvalue weighted by Crippen LogP contribution is 2.38. The van der Waals surface area contributed by atoms with Crippen LogP contribution in [0.3, 0.4) is 0 Å². The van der Waals surface area contributed by atoms with Gasteiger partial charge in [-0.3, -0.25) is 9.59 Å².